The van der Waals surface area contributed by atoms with Crippen molar-refractivity contribution in [2.24, 2.45) is 0 Å². The Morgan fingerprint density at radius 3 is 2.81 bits per heavy atom. The quantitative estimate of drug-likeness (QED) is 0.566. The van der Waals surface area contributed by atoms with Gasteiger partial charge in [-0.3, -0.25) is 4.79 Å². The van der Waals surface area contributed by atoms with Gasteiger partial charge in [0.1, 0.15) is 12.4 Å². The fourth-order valence-corrected chi connectivity index (χ4v) is 3.43. The number of alkyl halides is 1. The van der Waals surface area contributed by atoms with Gasteiger partial charge in [-0.05, 0) is 60.6 Å². The lowest BCUT2D eigenvalue weighted by Crippen LogP contribution is -2.31. The third kappa shape index (κ3) is 3.04. The van der Waals surface area contributed by atoms with Crippen LogP contribution in [0.2, 0.25) is 0 Å². The molecule has 0 N–H and O–H groups in total. The Morgan fingerprint density at radius 1 is 1.43 bits per heavy atom. The molecule has 0 spiro atoms. The first-order valence-corrected chi connectivity index (χ1v) is 8.65. The molecular formula is C15H17ClIN3O. The highest BCUT2D eigenvalue weighted by atomic mass is 127. The van der Waals surface area contributed by atoms with E-state index in [1.54, 1.807) is 0 Å². The Labute approximate surface area is 142 Å². The molecule has 1 unspecified atom stereocenters. The Bertz CT molecular complexity index is 677. The van der Waals surface area contributed by atoms with Crippen molar-refractivity contribution in [2.75, 3.05) is 13.1 Å². The van der Waals surface area contributed by atoms with Crippen LogP contribution in [0.1, 0.15) is 31.0 Å². The molecule has 1 saturated heterocycles. The van der Waals surface area contributed by atoms with Gasteiger partial charge in [-0.1, -0.05) is 0 Å². The number of hydrogen-bond donors (Lipinski definition) is 0. The van der Waals surface area contributed by atoms with Crippen LogP contribution < -0.4 is 0 Å². The second kappa shape index (κ2) is 6.12. The van der Waals surface area contributed by atoms with Gasteiger partial charge in [0.25, 0.3) is 0 Å². The molecule has 0 radical (unpaired) electrons. The van der Waals surface area contributed by atoms with Gasteiger partial charge >= 0.3 is 0 Å². The number of imidazole rings is 1. The van der Waals surface area contributed by atoms with E-state index < -0.39 is 0 Å². The van der Waals surface area contributed by atoms with Crippen LogP contribution in [0.4, 0.5) is 0 Å². The van der Waals surface area contributed by atoms with Crippen molar-refractivity contribution in [1.29, 1.82) is 0 Å². The van der Waals surface area contributed by atoms with Gasteiger partial charge in [0.2, 0.25) is 5.91 Å². The molecule has 1 atom stereocenters. The standard InChI is InChI=1S/C15H17ClIN3O/c1-10(16)15-18-12-8-11(17)4-5-13(12)20(15)9-14(21)19-6-2-3-7-19/h4-5,8,10H,2-3,6-7,9H2,1H3. The number of nitrogens with zero attached hydrogens (tertiary/aromatic N) is 3. The average Bonchev–Trinajstić information content (AvgIpc) is 3.06. The van der Waals surface area contributed by atoms with Gasteiger partial charge in [0, 0.05) is 16.7 Å². The minimum atomic E-state index is -0.221. The van der Waals surface area contributed by atoms with E-state index >= 15 is 0 Å². The third-order valence-electron chi connectivity index (χ3n) is 3.85. The van der Waals surface area contributed by atoms with Crippen molar-refractivity contribution in [2.45, 2.75) is 31.7 Å². The van der Waals surface area contributed by atoms with E-state index in [1.807, 2.05) is 34.6 Å². The summed E-state index contributed by atoms with van der Waals surface area (Å²) in [5.41, 5.74) is 1.88. The molecule has 2 aromatic rings. The summed E-state index contributed by atoms with van der Waals surface area (Å²) in [6.07, 6.45) is 2.21. The number of fused-ring (bicyclic) bond motifs is 1. The van der Waals surface area contributed by atoms with E-state index in [4.69, 9.17) is 11.6 Å². The number of likely N-dealkylation sites (tertiary alicyclic amines) is 1. The Morgan fingerprint density at radius 2 is 2.14 bits per heavy atom. The highest BCUT2D eigenvalue weighted by molar-refractivity contribution is 14.1. The van der Waals surface area contributed by atoms with Gasteiger partial charge in [0.15, 0.2) is 0 Å². The molecule has 2 heterocycles. The van der Waals surface area contributed by atoms with Crippen LogP contribution in [-0.4, -0.2) is 33.4 Å². The number of benzene rings is 1. The minimum Gasteiger partial charge on any atom is -0.341 e. The van der Waals surface area contributed by atoms with E-state index in [9.17, 15) is 4.79 Å². The third-order valence-corrected chi connectivity index (χ3v) is 4.71. The summed E-state index contributed by atoms with van der Waals surface area (Å²) in [6.45, 7) is 3.96. The molecule has 21 heavy (non-hydrogen) atoms. The summed E-state index contributed by atoms with van der Waals surface area (Å²) >= 11 is 8.52. The number of carbonyl (C=O) groups is 1. The lowest BCUT2D eigenvalue weighted by molar-refractivity contribution is -0.130. The zero-order chi connectivity index (χ0) is 15.0. The predicted molar refractivity (Wildman–Crippen MR) is 92.5 cm³/mol. The van der Waals surface area contributed by atoms with Crippen LogP contribution in [0.3, 0.4) is 0 Å². The fourth-order valence-electron chi connectivity index (χ4n) is 2.79. The van der Waals surface area contributed by atoms with Crippen molar-refractivity contribution < 1.29 is 4.79 Å². The first-order valence-electron chi connectivity index (χ1n) is 7.14. The van der Waals surface area contributed by atoms with Crippen LogP contribution in [-0.2, 0) is 11.3 Å². The highest BCUT2D eigenvalue weighted by Crippen LogP contribution is 2.26. The van der Waals surface area contributed by atoms with Gasteiger partial charge in [-0.25, -0.2) is 4.98 Å². The summed E-state index contributed by atoms with van der Waals surface area (Å²) in [7, 11) is 0. The van der Waals surface area contributed by atoms with Gasteiger partial charge in [-0.15, -0.1) is 11.6 Å². The van der Waals surface area contributed by atoms with E-state index in [-0.39, 0.29) is 11.3 Å². The molecule has 1 aliphatic heterocycles. The highest BCUT2D eigenvalue weighted by Gasteiger charge is 2.22. The Hall–Kier alpha value is -0.820. The van der Waals surface area contributed by atoms with Crippen LogP contribution >= 0.6 is 34.2 Å². The molecule has 1 aromatic heterocycles. The van der Waals surface area contributed by atoms with Crippen molar-refractivity contribution in [1.82, 2.24) is 14.5 Å². The minimum absolute atomic E-state index is 0.156. The predicted octanol–water partition coefficient (Wildman–Crippen LogP) is 3.56. The molecule has 6 heteroatoms. The van der Waals surface area contributed by atoms with Crippen molar-refractivity contribution in [3.05, 3.63) is 27.6 Å². The summed E-state index contributed by atoms with van der Waals surface area (Å²) in [5.74, 6) is 0.921. The fraction of sp³-hybridized carbons (Fsp3) is 0.467. The van der Waals surface area contributed by atoms with Crippen molar-refractivity contribution in [3.8, 4) is 0 Å². The summed E-state index contributed by atoms with van der Waals surface area (Å²) in [6, 6.07) is 6.07. The SMILES string of the molecule is CC(Cl)c1nc2cc(I)ccc2n1CC(=O)N1CCCC1. The first kappa shape index (κ1) is 15.1. The zero-order valence-corrected chi connectivity index (χ0v) is 14.8. The second-order valence-electron chi connectivity index (χ2n) is 5.39. The number of hydrogen-bond acceptors (Lipinski definition) is 2. The molecule has 1 aliphatic rings. The summed E-state index contributed by atoms with van der Waals surface area (Å²) in [4.78, 5) is 19.0. The van der Waals surface area contributed by atoms with E-state index in [2.05, 4.69) is 27.6 Å². The number of aromatic nitrogens is 2. The second-order valence-corrected chi connectivity index (χ2v) is 7.29. The number of amides is 1. The molecule has 4 nitrogen and oxygen atoms in total. The maximum absolute atomic E-state index is 12.4. The number of carbonyl (C=O) groups excluding carboxylic acids is 1. The Kier molecular flexibility index (Phi) is 4.40. The molecule has 112 valence electrons. The van der Waals surface area contributed by atoms with Crippen LogP contribution in [0.15, 0.2) is 18.2 Å². The van der Waals surface area contributed by atoms with E-state index in [1.165, 1.54) is 0 Å². The molecular weight excluding hydrogens is 401 g/mol. The summed E-state index contributed by atoms with van der Waals surface area (Å²) in [5, 5.41) is -0.221. The normalized spacial score (nSPS) is 16.6. The lowest BCUT2D eigenvalue weighted by atomic mass is 10.3. The van der Waals surface area contributed by atoms with Crippen molar-refractivity contribution >= 4 is 51.1 Å². The zero-order valence-electron chi connectivity index (χ0n) is 11.9. The van der Waals surface area contributed by atoms with E-state index in [0.29, 0.717) is 6.54 Å². The molecule has 1 aromatic carbocycles. The topological polar surface area (TPSA) is 38.1 Å². The monoisotopic (exact) mass is 417 g/mol. The Balaban J connectivity index is 1.98. The molecule has 0 aliphatic carbocycles. The summed E-state index contributed by atoms with van der Waals surface area (Å²) < 4.78 is 3.09. The molecule has 0 bridgehead atoms. The first-order chi connectivity index (χ1) is 10.1. The molecule has 0 saturated carbocycles. The molecule has 1 amide bonds. The average molecular weight is 418 g/mol. The maximum atomic E-state index is 12.4. The van der Waals surface area contributed by atoms with Crippen LogP contribution in [0.25, 0.3) is 11.0 Å². The maximum Gasteiger partial charge on any atom is 0.242 e. The lowest BCUT2D eigenvalue weighted by Gasteiger charge is -2.17. The van der Waals surface area contributed by atoms with Gasteiger partial charge < -0.3 is 9.47 Å². The van der Waals surface area contributed by atoms with Gasteiger partial charge in [0.05, 0.1) is 16.4 Å². The number of rotatable bonds is 3. The largest absolute Gasteiger partial charge is 0.341 e. The van der Waals surface area contributed by atoms with Crippen LogP contribution in [0, 0.1) is 3.57 Å². The van der Waals surface area contributed by atoms with Gasteiger partial charge in [-0.2, -0.15) is 0 Å². The van der Waals surface area contributed by atoms with E-state index in [0.717, 1.165) is 46.4 Å². The molecule has 3 rings (SSSR count). The smallest absolute Gasteiger partial charge is 0.242 e. The number of halogens is 2. The van der Waals surface area contributed by atoms with Crippen molar-refractivity contribution in [3.63, 3.8) is 0 Å². The van der Waals surface area contributed by atoms with Crippen LogP contribution in [0.5, 0.6) is 0 Å². The molecule has 1 fully saturated rings.